The Morgan fingerprint density at radius 2 is 1.92 bits per heavy atom. The van der Waals surface area contributed by atoms with E-state index in [4.69, 9.17) is 10.5 Å². The number of halogens is 2. The Labute approximate surface area is 157 Å². The van der Waals surface area contributed by atoms with Gasteiger partial charge in [0.05, 0.1) is 19.1 Å². The van der Waals surface area contributed by atoms with Crippen LogP contribution in [0, 0.1) is 12.8 Å². The predicted octanol–water partition coefficient (Wildman–Crippen LogP) is 2.59. The van der Waals surface area contributed by atoms with Crippen molar-refractivity contribution in [2.75, 3.05) is 31.6 Å². The molecule has 7 heteroatoms. The van der Waals surface area contributed by atoms with E-state index in [0.717, 1.165) is 44.1 Å². The maximum atomic E-state index is 12.2. The Hall–Kier alpha value is -0.850. The van der Waals surface area contributed by atoms with Crippen LogP contribution in [0.3, 0.4) is 0 Å². The van der Waals surface area contributed by atoms with Gasteiger partial charge in [0.15, 0.2) is 0 Å². The molecule has 1 aliphatic heterocycles. The van der Waals surface area contributed by atoms with Crippen molar-refractivity contribution in [3.63, 3.8) is 0 Å². The summed E-state index contributed by atoms with van der Waals surface area (Å²) in [6.45, 7) is 10.1. The standard InChI is InChI=1S/C17H27N3O2.2ClH/c1-12-4-5-15(11-20-6-8-22-9-7-20)10-16(12)19-17(21)13(2)14(3)18;;/h4-5,10,13-14H,6-9,11,18H2,1-3H3,(H,19,21);2*1H. The summed E-state index contributed by atoms with van der Waals surface area (Å²) in [5, 5.41) is 3.01. The Kier molecular flexibility index (Phi) is 10.5. The normalized spacial score (nSPS) is 17.2. The summed E-state index contributed by atoms with van der Waals surface area (Å²) in [7, 11) is 0. The minimum absolute atomic E-state index is 0. The smallest absolute Gasteiger partial charge is 0.228 e. The third-order valence-electron chi connectivity index (χ3n) is 4.27. The molecule has 1 aliphatic rings. The van der Waals surface area contributed by atoms with E-state index in [9.17, 15) is 4.79 Å². The maximum absolute atomic E-state index is 12.2. The molecule has 0 aromatic heterocycles. The highest BCUT2D eigenvalue weighted by Gasteiger charge is 2.18. The predicted molar refractivity (Wildman–Crippen MR) is 103 cm³/mol. The maximum Gasteiger partial charge on any atom is 0.228 e. The van der Waals surface area contributed by atoms with Crippen LogP contribution in [-0.4, -0.2) is 43.2 Å². The Bertz CT molecular complexity index is 521. The lowest BCUT2D eigenvalue weighted by molar-refractivity contribution is -0.119. The molecule has 0 spiro atoms. The van der Waals surface area contributed by atoms with Gasteiger partial charge in [0.2, 0.25) is 5.91 Å². The van der Waals surface area contributed by atoms with Gasteiger partial charge in [-0.05, 0) is 31.0 Å². The molecule has 3 N–H and O–H groups in total. The molecule has 2 atom stereocenters. The summed E-state index contributed by atoms with van der Waals surface area (Å²) in [6, 6.07) is 6.09. The summed E-state index contributed by atoms with van der Waals surface area (Å²) in [6.07, 6.45) is 0. The van der Waals surface area contributed by atoms with Crippen molar-refractivity contribution in [1.29, 1.82) is 0 Å². The highest BCUT2D eigenvalue weighted by Crippen LogP contribution is 2.19. The second-order valence-corrected chi connectivity index (χ2v) is 6.17. The number of rotatable bonds is 5. The second kappa shape index (κ2) is 10.9. The molecule has 0 saturated carbocycles. The monoisotopic (exact) mass is 377 g/mol. The lowest BCUT2D eigenvalue weighted by Gasteiger charge is -2.27. The largest absolute Gasteiger partial charge is 0.379 e. The number of carbonyl (C=O) groups excluding carboxylic acids is 1. The summed E-state index contributed by atoms with van der Waals surface area (Å²) in [4.78, 5) is 14.6. The quantitative estimate of drug-likeness (QED) is 0.827. The van der Waals surface area contributed by atoms with Crippen molar-refractivity contribution in [1.82, 2.24) is 4.90 Å². The number of hydrogen-bond acceptors (Lipinski definition) is 4. The van der Waals surface area contributed by atoms with E-state index in [2.05, 4.69) is 28.4 Å². The SMILES string of the molecule is Cc1ccc(CN2CCOCC2)cc1NC(=O)C(C)C(C)N.Cl.Cl. The van der Waals surface area contributed by atoms with E-state index in [-0.39, 0.29) is 42.7 Å². The summed E-state index contributed by atoms with van der Waals surface area (Å²) >= 11 is 0. The average Bonchev–Trinajstić information content (AvgIpc) is 2.50. The number of ether oxygens (including phenoxy) is 1. The molecular weight excluding hydrogens is 349 g/mol. The molecule has 2 rings (SSSR count). The van der Waals surface area contributed by atoms with Crippen LogP contribution < -0.4 is 11.1 Å². The Balaban J connectivity index is 0.00000264. The molecule has 0 bridgehead atoms. The minimum atomic E-state index is -0.206. The van der Waals surface area contributed by atoms with Gasteiger partial charge in [0, 0.05) is 31.4 Å². The molecule has 24 heavy (non-hydrogen) atoms. The Morgan fingerprint density at radius 1 is 1.29 bits per heavy atom. The van der Waals surface area contributed by atoms with Crippen LogP contribution >= 0.6 is 24.8 Å². The Morgan fingerprint density at radius 3 is 2.50 bits per heavy atom. The van der Waals surface area contributed by atoms with Crippen LogP contribution in [0.5, 0.6) is 0 Å². The number of nitrogens with one attached hydrogen (secondary N) is 1. The van der Waals surface area contributed by atoms with E-state index in [0.29, 0.717) is 0 Å². The van der Waals surface area contributed by atoms with Crippen molar-refractivity contribution in [2.45, 2.75) is 33.4 Å². The zero-order valence-corrected chi connectivity index (χ0v) is 16.2. The lowest BCUT2D eigenvalue weighted by Crippen LogP contribution is -2.35. The number of benzene rings is 1. The van der Waals surface area contributed by atoms with E-state index in [1.54, 1.807) is 0 Å². The van der Waals surface area contributed by atoms with Crippen LogP contribution in [0.25, 0.3) is 0 Å². The highest BCUT2D eigenvalue weighted by atomic mass is 35.5. The van der Waals surface area contributed by atoms with Gasteiger partial charge in [0.25, 0.3) is 0 Å². The topological polar surface area (TPSA) is 67.6 Å². The molecule has 0 radical (unpaired) electrons. The van der Waals surface area contributed by atoms with Crippen LogP contribution in [-0.2, 0) is 16.1 Å². The third kappa shape index (κ3) is 6.57. The van der Waals surface area contributed by atoms with Gasteiger partial charge in [-0.3, -0.25) is 9.69 Å². The molecule has 1 aromatic rings. The first kappa shape index (κ1) is 23.1. The molecule has 1 saturated heterocycles. The van der Waals surface area contributed by atoms with Gasteiger partial charge >= 0.3 is 0 Å². The summed E-state index contributed by atoms with van der Waals surface area (Å²) < 4.78 is 5.37. The average molecular weight is 378 g/mol. The van der Waals surface area contributed by atoms with E-state index in [1.165, 1.54) is 5.56 Å². The van der Waals surface area contributed by atoms with Gasteiger partial charge in [-0.15, -0.1) is 24.8 Å². The van der Waals surface area contributed by atoms with Gasteiger partial charge in [0.1, 0.15) is 0 Å². The van der Waals surface area contributed by atoms with Gasteiger partial charge in [-0.1, -0.05) is 19.1 Å². The first-order valence-corrected chi connectivity index (χ1v) is 7.93. The zero-order chi connectivity index (χ0) is 16.1. The summed E-state index contributed by atoms with van der Waals surface area (Å²) in [5.41, 5.74) is 8.95. The molecule has 5 nitrogen and oxygen atoms in total. The van der Waals surface area contributed by atoms with Crippen molar-refractivity contribution in [3.05, 3.63) is 29.3 Å². The number of anilines is 1. The number of nitrogens with zero attached hydrogens (tertiary/aromatic N) is 1. The lowest BCUT2D eigenvalue weighted by atomic mass is 10.0. The fourth-order valence-corrected chi connectivity index (χ4v) is 2.40. The number of morpholine rings is 1. The fraction of sp³-hybridized carbons (Fsp3) is 0.588. The molecule has 1 fully saturated rings. The first-order chi connectivity index (χ1) is 10.5. The fourth-order valence-electron chi connectivity index (χ4n) is 2.40. The number of nitrogens with two attached hydrogens (primary N) is 1. The molecule has 138 valence electrons. The molecule has 1 heterocycles. The molecule has 1 aromatic carbocycles. The summed E-state index contributed by atoms with van der Waals surface area (Å²) in [5.74, 6) is -0.232. The van der Waals surface area contributed by atoms with Gasteiger partial charge in [-0.2, -0.15) is 0 Å². The van der Waals surface area contributed by atoms with Crippen LogP contribution in [0.1, 0.15) is 25.0 Å². The van der Waals surface area contributed by atoms with Crippen LogP contribution in [0.15, 0.2) is 18.2 Å². The van der Waals surface area contributed by atoms with Crippen molar-refractivity contribution in [2.24, 2.45) is 11.7 Å². The van der Waals surface area contributed by atoms with E-state index >= 15 is 0 Å². The number of hydrogen-bond donors (Lipinski definition) is 2. The van der Waals surface area contributed by atoms with Gasteiger partial charge in [-0.25, -0.2) is 0 Å². The number of amides is 1. The van der Waals surface area contributed by atoms with Crippen LogP contribution in [0.2, 0.25) is 0 Å². The van der Waals surface area contributed by atoms with E-state index < -0.39 is 0 Å². The minimum Gasteiger partial charge on any atom is -0.379 e. The van der Waals surface area contributed by atoms with Crippen molar-refractivity contribution >= 4 is 36.4 Å². The molecule has 1 amide bonds. The van der Waals surface area contributed by atoms with Crippen LogP contribution in [0.4, 0.5) is 5.69 Å². The second-order valence-electron chi connectivity index (χ2n) is 6.17. The third-order valence-corrected chi connectivity index (χ3v) is 4.27. The number of carbonyl (C=O) groups is 1. The van der Waals surface area contributed by atoms with E-state index in [1.807, 2.05) is 20.8 Å². The molecule has 2 unspecified atom stereocenters. The molecular formula is C17H29Cl2N3O2. The number of aryl methyl sites for hydroxylation is 1. The van der Waals surface area contributed by atoms with Crippen molar-refractivity contribution < 1.29 is 9.53 Å². The van der Waals surface area contributed by atoms with Crippen molar-refractivity contribution in [3.8, 4) is 0 Å². The van der Waals surface area contributed by atoms with Gasteiger partial charge < -0.3 is 15.8 Å². The highest BCUT2D eigenvalue weighted by molar-refractivity contribution is 5.93. The molecule has 0 aliphatic carbocycles. The first-order valence-electron chi connectivity index (χ1n) is 7.93. The zero-order valence-electron chi connectivity index (χ0n) is 14.6.